The van der Waals surface area contributed by atoms with Crippen LogP contribution in [0.4, 0.5) is 0 Å². The number of rotatable bonds is 6. The van der Waals surface area contributed by atoms with Crippen molar-refractivity contribution in [2.45, 2.75) is 40.2 Å². The number of hydrogen-bond acceptors (Lipinski definition) is 3. The number of nitrogens with zero attached hydrogens (tertiary/aromatic N) is 2. The van der Waals surface area contributed by atoms with Gasteiger partial charge in [-0.05, 0) is 43.0 Å². The van der Waals surface area contributed by atoms with Crippen LogP contribution in [0, 0.1) is 32.1 Å². The quantitative estimate of drug-likeness (QED) is 0.632. The van der Waals surface area contributed by atoms with E-state index in [1.165, 1.54) is 5.56 Å². The van der Waals surface area contributed by atoms with Gasteiger partial charge in [0.25, 0.3) is 0 Å². The highest BCUT2D eigenvalue weighted by atomic mass is 16.3. The monoisotopic (exact) mass is 360 g/mol. The van der Waals surface area contributed by atoms with Crippen molar-refractivity contribution in [3.05, 3.63) is 70.5 Å². The molecule has 0 saturated heterocycles. The van der Waals surface area contributed by atoms with Gasteiger partial charge in [0.05, 0.1) is 25.2 Å². The number of amides is 1. The third-order valence-electron chi connectivity index (χ3n) is 5.03. The summed E-state index contributed by atoms with van der Waals surface area (Å²) in [6.45, 7) is 7.10. The van der Waals surface area contributed by atoms with Gasteiger partial charge in [0, 0.05) is 24.0 Å². The van der Waals surface area contributed by atoms with E-state index >= 15 is 0 Å². The van der Waals surface area contributed by atoms with E-state index in [1.807, 2.05) is 37.3 Å². The average molecular weight is 360 g/mol. The molecule has 1 heterocycles. The highest BCUT2D eigenvalue weighted by Gasteiger charge is 2.19. The van der Waals surface area contributed by atoms with Gasteiger partial charge in [0.1, 0.15) is 5.58 Å². The minimum absolute atomic E-state index is 0.00873. The first kappa shape index (κ1) is 18.7. The van der Waals surface area contributed by atoms with Gasteiger partial charge in [-0.3, -0.25) is 4.79 Å². The van der Waals surface area contributed by atoms with Crippen LogP contribution in [-0.2, 0) is 17.8 Å². The summed E-state index contributed by atoms with van der Waals surface area (Å²) in [5.74, 6) is 0.00873. The van der Waals surface area contributed by atoms with E-state index in [1.54, 1.807) is 11.2 Å². The Bertz CT molecular complexity index is 997. The first-order valence-corrected chi connectivity index (χ1v) is 9.16. The summed E-state index contributed by atoms with van der Waals surface area (Å²) >= 11 is 0. The van der Waals surface area contributed by atoms with Crippen molar-refractivity contribution in [1.82, 2.24) is 4.90 Å². The number of hydrogen-bond donors (Lipinski definition) is 0. The zero-order chi connectivity index (χ0) is 19.4. The predicted octanol–water partition coefficient (Wildman–Crippen LogP) is 4.84. The molecule has 2 aromatic carbocycles. The highest BCUT2D eigenvalue weighted by Crippen LogP contribution is 2.30. The molecular weight excluding hydrogens is 336 g/mol. The SMILES string of the molecule is Cc1cc(C)c2c(CC(=O)N(CCC#N)Cc3ccccc3)coc2c1C. The summed E-state index contributed by atoms with van der Waals surface area (Å²) < 4.78 is 5.80. The lowest BCUT2D eigenvalue weighted by Crippen LogP contribution is -2.32. The van der Waals surface area contributed by atoms with Crippen LogP contribution in [-0.4, -0.2) is 17.4 Å². The van der Waals surface area contributed by atoms with Gasteiger partial charge in [-0.15, -0.1) is 0 Å². The zero-order valence-corrected chi connectivity index (χ0v) is 16.1. The molecule has 0 aliphatic rings. The molecule has 0 fully saturated rings. The molecule has 0 aliphatic carbocycles. The Hall–Kier alpha value is -3.06. The van der Waals surface area contributed by atoms with Crippen molar-refractivity contribution >= 4 is 16.9 Å². The Labute approximate surface area is 160 Å². The number of furan rings is 1. The number of carbonyl (C=O) groups excluding carboxylic acids is 1. The van der Waals surface area contributed by atoms with Crippen LogP contribution in [0.1, 0.15) is 34.2 Å². The van der Waals surface area contributed by atoms with Crippen molar-refractivity contribution in [2.75, 3.05) is 6.54 Å². The molecule has 0 unspecified atom stereocenters. The van der Waals surface area contributed by atoms with Crippen molar-refractivity contribution in [2.24, 2.45) is 0 Å². The van der Waals surface area contributed by atoms with Crippen LogP contribution in [0.2, 0.25) is 0 Å². The maximum Gasteiger partial charge on any atom is 0.227 e. The molecule has 1 aromatic heterocycles. The maximum atomic E-state index is 13.0. The van der Waals surface area contributed by atoms with Crippen LogP contribution in [0.3, 0.4) is 0 Å². The molecular formula is C23H24N2O2. The van der Waals surface area contributed by atoms with Gasteiger partial charge < -0.3 is 9.32 Å². The van der Waals surface area contributed by atoms with Crippen LogP contribution >= 0.6 is 0 Å². The zero-order valence-electron chi connectivity index (χ0n) is 16.1. The maximum absolute atomic E-state index is 13.0. The second-order valence-electron chi connectivity index (χ2n) is 6.99. The number of fused-ring (bicyclic) bond motifs is 1. The molecule has 3 rings (SSSR count). The second kappa shape index (κ2) is 8.09. The van der Waals surface area contributed by atoms with Crippen LogP contribution in [0.5, 0.6) is 0 Å². The lowest BCUT2D eigenvalue weighted by atomic mass is 9.98. The summed E-state index contributed by atoms with van der Waals surface area (Å²) in [4.78, 5) is 14.8. The van der Waals surface area contributed by atoms with Gasteiger partial charge in [0.2, 0.25) is 5.91 Å². The minimum atomic E-state index is 0.00873. The molecule has 3 aromatic rings. The molecule has 0 atom stereocenters. The molecule has 27 heavy (non-hydrogen) atoms. The first-order chi connectivity index (χ1) is 13.0. The van der Waals surface area contributed by atoms with Crippen molar-refractivity contribution in [1.29, 1.82) is 5.26 Å². The van der Waals surface area contributed by atoms with E-state index in [2.05, 4.69) is 26.0 Å². The van der Waals surface area contributed by atoms with Crippen molar-refractivity contribution in [3.8, 4) is 6.07 Å². The van der Waals surface area contributed by atoms with Crippen LogP contribution in [0.25, 0.3) is 11.0 Å². The van der Waals surface area contributed by atoms with Crippen molar-refractivity contribution < 1.29 is 9.21 Å². The second-order valence-corrected chi connectivity index (χ2v) is 6.99. The molecule has 1 amide bonds. The predicted molar refractivity (Wildman–Crippen MR) is 106 cm³/mol. The molecule has 4 heteroatoms. The Morgan fingerprint density at radius 1 is 1.15 bits per heavy atom. The molecule has 0 radical (unpaired) electrons. The highest BCUT2D eigenvalue weighted by molar-refractivity contribution is 5.92. The topological polar surface area (TPSA) is 57.2 Å². The summed E-state index contributed by atoms with van der Waals surface area (Å²) in [7, 11) is 0. The van der Waals surface area contributed by atoms with E-state index in [0.717, 1.165) is 33.2 Å². The number of nitriles is 1. The molecule has 0 bridgehead atoms. The standard InChI is InChI=1S/C23H24N2O2/c1-16-12-17(2)22-20(15-27-23(22)18(16)3)13-21(26)25(11-7-10-24)14-19-8-5-4-6-9-19/h4-6,8-9,12,15H,7,11,13-14H2,1-3H3. The minimum Gasteiger partial charge on any atom is -0.464 e. The van der Waals surface area contributed by atoms with Crippen LogP contribution in [0.15, 0.2) is 47.1 Å². The number of carbonyl (C=O) groups is 1. The van der Waals surface area contributed by atoms with E-state index in [9.17, 15) is 4.79 Å². The Morgan fingerprint density at radius 2 is 1.89 bits per heavy atom. The van der Waals surface area contributed by atoms with Gasteiger partial charge in [-0.2, -0.15) is 5.26 Å². The van der Waals surface area contributed by atoms with Gasteiger partial charge in [-0.1, -0.05) is 36.4 Å². The molecule has 0 spiro atoms. The summed E-state index contributed by atoms with van der Waals surface area (Å²) in [6.07, 6.45) is 2.30. The van der Waals surface area contributed by atoms with E-state index < -0.39 is 0 Å². The Balaban J connectivity index is 1.86. The fraction of sp³-hybridized carbons (Fsp3) is 0.304. The van der Waals surface area contributed by atoms with E-state index in [-0.39, 0.29) is 12.3 Å². The lowest BCUT2D eigenvalue weighted by Gasteiger charge is -2.22. The Kier molecular flexibility index (Phi) is 5.61. The molecule has 0 saturated carbocycles. The van der Waals surface area contributed by atoms with Gasteiger partial charge in [-0.25, -0.2) is 0 Å². The van der Waals surface area contributed by atoms with E-state index in [4.69, 9.17) is 9.68 Å². The molecule has 0 aliphatic heterocycles. The normalized spacial score (nSPS) is 10.7. The largest absolute Gasteiger partial charge is 0.464 e. The van der Waals surface area contributed by atoms with Gasteiger partial charge in [0.15, 0.2) is 0 Å². The van der Waals surface area contributed by atoms with Gasteiger partial charge >= 0.3 is 0 Å². The summed E-state index contributed by atoms with van der Waals surface area (Å²) in [6, 6.07) is 14.1. The van der Waals surface area contributed by atoms with E-state index in [0.29, 0.717) is 19.5 Å². The number of aryl methyl sites for hydroxylation is 3. The Morgan fingerprint density at radius 3 is 2.59 bits per heavy atom. The summed E-state index contributed by atoms with van der Waals surface area (Å²) in [5.41, 5.74) is 6.25. The third kappa shape index (κ3) is 4.03. The van der Waals surface area contributed by atoms with Crippen molar-refractivity contribution in [3.63, 3.8) is 0 Å². The number of benzene rings is 2. The summed E-state index contributed by atoms with van der Waals surface area (Å²) in [5, 5.41) is 9.98. The fourth-order valence-corrected chi connectivity index (χ4v) is 3.47. The molecule has 4 nitrogen and oxygen atoms in total. The smallest absolute Gasteiger partial charge is 0.227 e. The molecule has 138 valence electrons. The lowest BCUT2D eigenvalue weighted by molar-refractivity contribution is -0.131. The fourth-order valence-electron chi connectivity index (χ4n) is 3.47. The average Bonchev–Trinajstić information content (AvgIpc) is 3.08. The van der Waals surface area contributed by atoms with Crippen LogP contribution < -0.4 is 0 Å². The molecule has 0 N–H and O–H groups in total. The first-order valence-electron chi connectivity index (χ1n) is 9.16. The third-order valence-corrected chi connectivity index (χ3v) is 5.03.